The summed E-state index contributed by atoms with van der Waals surface area (Å²) in [6.45, 7) is 2.98. The molecule has 5 aromatic rings. The van der Waals surface area contributed by atoms with Gasteiger partial charge >= 0.3 is 6.18 Å². The number of nitrogens with zero attached hydrogens (tertiary/aromatic N) is 4. The number of hydrogen-bond acceptors (Lipinski definition) is 3. The number of benzene rings is 3. The molecule has 0 unspecified atom stereocenters. The zero-order chi connectivity index (χ0) is 28.6. The van der Waals surface area contributed by atoms with Crippen molar-refractivity contribution in [2.24, 2.45) is 0 Å². The third-order valence-corrected chi connectivity index (χ3v) is 7.75. The van der Waals surface area contributed by atoms with E-state index in [0.717, 1.165) is 23.0 Å². The molecule has 41 heavy (non-hydrogen) atoms. The Morgan fingerprint density at radius 1 is 0.805 bits per heavy atom. The maximum atomic E-state index is 13.4. The van der Waals surface area contributed by atoms with Gasteiger partial charge in [0.2, 0.25) is 0 Å². The third kappa shape index (κ3) is 5.58. The van der Waals surface area contributed by atoms with E-state index in [0.29, 0.717) is 60.1 Å². The van der Waals surface area contributed by atoms with Crippen molar-refractivity contribution in [3.05, 3.63) is 119 Å². The summed E-state index contributed by atoms with van der Waals surface area (Å²) >= 11 is 6.26. The molecule has 0 aliphatic carbocycles. The van der Waals surface area contributed by atoms with Gasteiger partial charge in [-0.3, -0.25) is 9.69 Å². The molecule has 9 heteroatoms. The van der Waals surface area contributed by atoms with Crippen LogP contribution in [0.5, 0.6) is 0 Å². The summed E-state index contributed by atoms with van der Waals surface area (Å²) in [5.74, 6) is -0.0826. The van der Waals surface area contributed by atoms with Crippen molar-refractivity contribution >= 4 is 23.2 Å². The van der Waals surface area contributed by atoms with Crippen molar-refractivity contribution in [1.82, 2.24) is 19.2 Å². The standard InChI is InChI=1S/C32H26ClF3N4O/c33-27-12-5-4-11-26(27)31(41)39-17-15-38(16-18-39)21-28-30(22-7-2-1-3-8-22)37-29-14-13-24(20-40(28)29)23-9-6-10-25(19-23)32(34,35)36/h1-14,19-20H,15-18,21H2. The monoisotopic (exact) mass is 574 g/mol. The molecule has 2 aromatic heterocycles. The number of aromatic nitrogens is 2. The molecule has 0 atom stereocenters. The van der Waals surface area contributed by atoms with Crippen LogP contribution in [0.15, 0.2) is 97.2 Å². The van der Waals surface area contributed by atoms with E-state index in [1.165, 1.54) is 12.1 Å². The topological polar surface area (TPSA) is 40.9 Å². The molecule has 1 aliphatic heterocycles. The van der Waals surface area contributed by atoms with E-state index in [1.807, 2.05) is 51.9 Å². The second-order valence-electron chi connectivity index (χ2n) is 10.0. The molecule has 208 valence electrons. The van der Waals surface area contributed by atoms with Crippen LogP contribution < -0.4 is 0 Å². The predicted molar refractivity (Wildman–Crippen MR) is 154 cm³/mol. The molecule has 0 spiro atoms. The fraction of sp³-hybridized carbons (Fsp3) is 0.188. The predicted octanol–water partition coefficient (Wildman–Crippen LogP) is 7.30. The molecule has 5 nitrogen and oxygen atoms in total. The summed E-state index contributed by atoms with van der Waals surface area (Å²) in [6.07, 6.45) is -2.56. The average Bonchev–Trinajstić information content (AvgIpc) is 3.35. The fourth-order valence-electron chi connectivity index (χ4n) is 5.24. The Kier molecular flexibility index (Phi) is 7.28. The van der Waals surface area contributed by atoms with Gasteiger partial charge < -0.3 is 9.30 Å². The number of amides is 1. The SMILES string of the molecule is O=C(c1ccccc1Cl)N1CCN(Cc2c(-c3ccccc3)nc3ccc(-c4cccc(C(F)(F)F)c4)cn23)CC1. The van der Waals surface area contributed by atoms with Gasteiger partial charge in [0.1, 0.15) is 5.65 Å². The zero-order valence-electron chi connectivity index (χ0n) is 22.0. The van der Waals surface area contributed by atoms with Crippen molar-refractivity contribution in [1.29, 1.82) is 0 Å². The van der Waals surface area contributed by atoms with Crippen LogP contribution in [0.4, 0.5) is 13.2 Å². The number of alkyl halides is 3. The summed E-state index contributed by atoms with van der Waals surface area (Å²) < 4.78 is 42.2. The van der Waals surface area contributed by atoms with Crippen molar-refractivity contribution in [2.45, 2.75) is 12.7 Å². The van der Waals surface area contributed by atoms with Crippen LogP contribution in [0.25, 0.3) is 28.0 Å². The van der Waals surface area contributed by atoms with Gasteiger partial charge in [-0.25, -0.2) is 4.98 Å². The molecule has 0 saturated carbocycles. The first kappa shape index (κ1) is 27.1. The van der Waals surface area contributed by atoms with Gasteiger partial charge in [0.25, 0.3) is 5.91 Å². The van der Waals surface area contributed by atoms with E-state index >= 15 is 0 Å². The first-order chi connectivity index (χ1) is 19.8. The van der Waals surface area contributed by atoms with Crippen molar-refractivity contribution in [2.75, 3.05) is 26.2 Å². The molecule has 3 aromatic carbocycles. The van der Waals surface area contributed by atoms with Crippen LogP contribution >= 0.6 is 11.6 Å². The number of carbonyl (C=O) groups is 1. The molecule has 0 radical (unpaired) electrons. The maximum absolute atomic E-state index is 13.4. The van der Waals surface area contributed by atoms with Gasteiger partial charge in [0, 0.05) is 44.5 Å². The molecule has 1 aliphatic rings. The molecule has 0 N–H and O–H groups in total. The van der Waals surface area contributed by atoms with Gasteiger partial charge in [-0.1, -0.05) is 66.2 Å². The number of rotatable bonds is 5. The molecule has 0 bridgehead atoms. The number of pyridine rings is 1. The number of piperazine rings is 1. The van der Waals surface area contributed by atoms with Gasteiger partial charge in [-0.15, -0.1) is 0 Å². The van der Waals surface area contributed by atoms with E-state index < -0.39 is 11.7 Å². The maximum Gasteiger partial charge on any atom is 0.416 e. The van der Waals surface area contributed by atoms with Crippen molar-refractivity contribution in [3.63, 3.8) is 0 Å². The minimum absolute atomic E-state index is 0.0826. The van der Waals surface area contributed by atoms with E-state index in [9.17, 15) is 18.0 Å². The van der Waals surface area contributed by atoms with Crippen molar-refractivity contribution in [3.8, 4) is 22.4 Å². The summed E-state index contributed by atoms with van der Waals surface area (Å²) in [7, 11) is 0. The fourth-order valence-corrected chi connectivity index (χ4v) is 5.46. The highest BCUT2D eigenvalue weighted by Gasteiger charge is 2.30. The normalized spacial score (nSPS) is 14.5. The Hall–Kier alpha value is -4.14. The summed E-state index contributed by atoms with van der Waals surface area (Å²) in [5.41, 5.74) is 4.38. The molecular formula is C32H26ClF3N4O. The number of imidazole rings is 1. The number of halogens is 4. The Bertz CT molecular complexity index is 1710. The molecule has 1 amide bonds. The molecule has 3 heterocycles. The lowest BCUT2D eigenvalue weighted by atomic mass is 10.0. The summed E-state index contributed by atoms with van der Waals surface area (Å²) in [6, 6.07) is 25.9. The first-order valence-corrected chi connectivity index (χ1v) is 13.7. The lowest BCUT2D eigenvalue weighted by Gasteiger charge is -2.35. The van der Waals surface area contributed by atoms with Gasteiger partial charge in [0.05, 0.1) is 27.5 Å². The average molecular weight is 575 g/mol. The van der Waals surface area contributed by atoms with Crippen LogP contribution in [0.3, 0.4) is 0 Å². The Labute approximate surface area is 240 Å². The highest BCUT2D eigenvalue weighted by atomic mass is 35.5. The Morgan fingerprint density at radius 2 is 1.51 bits per heavy atom. The minimum Gasteiger partial charge on any atom is -0.336 e. The largest absolute Gasteiger partial charge is 0.416 e. The molecule has 1 fully saturated rings. The van der Waals surface area contributed by atoms with Crippen LogP contribution in [0, 0.1) is 0 Å². The number of hydrogen-bond donors (Lipinski definition) is 0. The van der Waals surface area contributed by atoms with E-state index in [1.54, 1.807) is 36.4 Å². The summed E-state index contributed by atoms with van der Waals surface area (Å²) in [4.78, 5) is 22.0. The quantitative estimate of drug-likeness (QED) is 0.221. The third-order valence-electron chi connectivity index (χ3n) is 7.43. The molecular weight excluding hydrogens is 549 g/mol. The Morgan fingerprint density at radius 3 is 2.24 bits per heavy atom. The number of carbonyl (C=O) groups excluding carboxylic acids is 1. The minimum atomic E-state index is -4.42. The molecule has 1 saturated heterocycles. The van der Waals surface area contributed by atoms with E-state index in [-0.39, 0.29) is 5.91 Å². The van der Waals surface area contributed by atoms with Crippen LogP contribution in [-0.4, -0.2) is 51.3 Å². The van der Waals surface area contributed by atoms with Crippen LogP contribution in [0.1, 0.15) is 21.6 Å². The van der Waals surface area contributed by atoms with E-state index in [4.69, 9.17) is 16.6 Å². The second-order valence-corrected chi connectivity index (χ2v) is 10.5. The van der Waals surface area contributed by atoms with E-state index in [2.05, 4.69) is 4.90 Å². The molecule has 6 rings (SSSR count). The lowest BCUT2D eigenvalue weighted by molar-refractivity contribution is -0.137. The first-order valence-electron chi connectivity index (χ1n) is 13.3. The summed E-state index contributed by atoms with van der Waals surface area (Å²) in [5, 5.41) is 0.440. The lowest BCUT2D eigenvalue weighted by Crippen LogP contribution is -2.48. The smallest absolute Gasteiger partial charge is 0.336 e. The zero-order valence-corrected chi connectivity index (χ0v) is 22.7. The van der Waals surface area contributed by atoms with Gasteiger partial charge in [-0.2, -0.15) is 13.2 Å². The second kappa shape index (κ2) is 11.0. The Balaban J connectivity index is 1.31. The number of fused-ring (bicyclic) bond motifs is 1. The highest BCUT2D eigenvalue weighted by Crippen LogP contribution is 2.33. The van der Waals surface area contributed by atoms with Crippen LogP contribution in [0.2, 0.25) is 5.02 Å². The van der Waals surface area contributed by atoms with Crippen molar-refractivity contribution < 1.29 is 18.0 Å². The highest BCUT2D eigenvalue weighted by molar-refractivity contribution is 6.33. The van der Waals surface area contributed by atoms with Gasteiger partial charge in [0.15, 0.2) is 0 Å². The van der Waals surface area contributed by atoms with Crippen LogP contribution in [-0.2, 0) is 12.7 Å². The van der Waals surface area contributed by atoms with Gasteiger partial charge in [-0.05, 0) is 47.5 Å².